The van der Waals surface area contributed by atoms with Gasteiger partial charge >= 0.3 is 0 Å². The van der Waals surface area contributed by atoms with Crippen LogP contribution in [0.5, 0.6) is 0 Å². The largest absolute Gasteiger partial charge is 0.355 e. The molecule has 0 aromatic carbocycles. The molecule has 0 aliphatic carbocycles. The molecule has 1 aliphatic heterocycles. The van der Waals surface area contributed by atoms with Crippen molar-refractivity contribution in [2.75, 3.05) is 18.0 Å². The first-order valence-electron chi connectivity index (χ1n) is 6.03. The molecule has 2 aromatic heterocycles. The Morgan fingerprint density at radius 3 is 2.67 bits per heavy atom. The highest BCUT2D eigenvalue weighted by Gasteiger charge is 2.21. The van der Waals surface area contributed by atoms with Crippen molar-refractivity contribution >= 4 is 17.4 Å². The summed E-state index contributed by atoms with van der Waals surface area (Å²) in [5, 5.41) is 0.448. The molecule has 0 amide bonds. The van der Waals surface area contributed by atoms with Crippen molar-refractivity contribution in [2.24, 2.45) is 0 Å². The fourth-order valence-electron chi connectivity index (χ4n) is 2.36. The normalized spacial score (nSPS) is 17.1. The Kier molecular flexibility index (Phi) is 3.15. The average molecular weight is 264 g/mol. The summed E-state index contributed by atoms with van der Waals surface area (Å²) in [4.78, 5) is 14.7. The van der Waals surface area contributed by atoms with E-state index in [4.69, 9.17) is 11.6 Å². The van der Waals surface area contributed by atoms with Gasteiger partial charge in [-0.1, -0.05) is 11.6 Å². The van der Waals surface area contributed by atoms with Crippen LogP contribution < -0.4 is 4.90 Å². The predicted molar refractivity (Wildman–Crippen MR) is 69.8 cm³/mol. The molecule has 0 unspecified atom stereocenters. The van der Waals surface area contributed by atoms with E-state index in [9.17, 15) is 0 Å². The van der Waals surface area contributed by atoms with E-state index in [1.165, 1.54) is 0 Å². The first kappa shape index (κ1) is 11.5. The van der Waals surface area contributed by atoms with Gasteiger partial charge in [0.25, 0.3) is 0 Å². The molecule has 94 valence electrons. The molecule has 0 atom stereocenters. The number of aromatic nitrogens is 4. The maximum absolute atomic E-state index is 5.86. The van der Waals surface area contributed by atoms with Crippen LogP contribution in [0.2, 0.25) is 5.15 Å². The zero-order valence-corrected chi connectivity index (χ0v) is 10.7. The predicted octanol–water partition coefficient (Wildman–Crippen LogP) is 2.17. The number of hydrogen-bond donors (Lipinski definition) is 0. The minimum atomic E-state index is 0.448. The average Bonchev–Trinajstić information content (AvgIpc) is 2.93. The lowest BCUT2D eigenvalue weighted by molar-refractivity contribution is 0.394. The molecule has 1 saturated heterocycles. The van der Waals surface area contributed by atoms with Crippen LogP contribution in [0, 0.1) is 0 Å². The van der Waals surface area contributed by atoms with Gasteiger partial charge < -0.3 is 9.47 Å². The number of hydrogen-bond acceptors (Lipinski definition) is 4. The van der Waals surface area contributed by atoms with Crippen molar-refractivity contribution in [3.05, 3.63) is 36.3 Å². The molecule has 0 bridgehead atoms. The van der Waals surface area contributed by atoms with Gasteiger partial charge in [0.15, 0.2) is 0 Å². The molecule has 2 aromatic rings. The SMILES string of the molecule is Clc1cncc(N2CCC(n3ccnc3)CC2)n1. The van der Waals surface area contributed by atoms with Crippen molar-refractivity contribution in [3.8, 4) is 0 Å². The Morgan fingerprint density at radius 1 is 1.17 bits per heavy atom. The minimum absolute atomic E-state index is 0.448. The molecule has 18 heavy (non-hydrogen) atoms. The van der Waals surface area contributed by atoms with Crippen LogP contribution >= 0.6 is 11.6 Å². The molecule has 0 N–H and O–H groups in total. The van der Waals surface area contributed by atoms with Crippen LogP contribution in [0.4, 0.5) is 5.82 Å². The second-order valence-electron chi connectivity index (χ2n) is 4.43. The zero-order valence-electron chi connectivity index (χ0n) is 9.91. The summed E-state index contributed by atoms with van der Waals surface area (Å²) < 4.78 is 2.18. The van der Waals surface area contributed by atoms with Gasteiger partial charge in [-0.2, -0.15) is 0 Å². The molecule has 3 rings (SSSR count). The number of rotatable bonds is 2. The third-order valence-electron chi connectivity index (χ3n) is 3.33. The fraction of sp³-hybridized carbons (Fsp3) is 0.417. The van der Waals surface area contributed by atoms with Crippen LogP contribution in [0.25, 0.3) is 0 Å². The topological polar surface area (TPSA) is 46.8 Å². The lowest BCUT2D eigenvalue weighted by atomic mass is 10.1. The van der Waals surface area contributed by atoms with Gasteiger partial charge in [0.2, 0.25) is 0 Å². The first-order valence-corrected chi connectivity index (χ1v) is 6.40. The third kappa shape index (κ3) is 2.31. The fourth-order valence-corrected chi connectivity index (χ4v) is 2.51. The molecule has 1 aliphatic rings. The lowest BCUT2D eigenvalue weighted by Crippen LogP contribution is -2.35. The van der Waals surface area contributed by atoms with Crippen LogP contribution in [0.3, 0.4) is 0 Å². The second-order valence-corrected chi connectivity index (χ2v) is 4.82. The smallest absolute Gasteiger partial charge is 0.149 e. The lowest BCUT2D eigenvalue weighted by Gasteiger charge is -2.33. The van der Waals surface area contributed by atoms with E-state index in [0.29, 0.717) is 11.2 Å². The van der Waals surface area contributed by atoms with Crippen LogP contribution in [-0.2, 0) is 0 Å². The van der Waals surface area contributed by atoms with E-state index in [1.54, 1.807) is 12.4 Å². The number of anilines is 1. The van der Waals surface area contributed by atoms with Gasteiger partial charge in [-0.15, -0.1) is 0 Å². The van der Waals surface area contributed by atoms with E-state index in [1.807, 2.05) is 18.7 Å². The Labute approximate surface area is 110 Å². The Bertz CT molecular complexity index is 505. The molecule has 6 heteroatoms. The quantitative estimate of drug-likeness (QED) is 0.833. The van der Waals surface area contributed by atoms with Crippen molar-refractivity contribution in [2.45, 2.75) is 18.9 Å². The summed E-state index contributed by atoms with van der Waals surface area (Å²) in [5.74, 6) is 0.867. The van der Waals surface area contributed by atoms with E-state index < -0.39 is 0 Å². The van der Waals surface area contributed by atoms with Crippen LogP contribution in [0.1, 0.15) is 18.9 Å². The van der Waals surface area contributed by atoms with Gasteiger partial charge in [-0.05, 0) is 12.8 Å². The maximum atomic E-state index is 5.86. The van der Waals surface area contributed by atoms with Gasteiger partial charge in [0, 0.05) is 31.5 Å². The zero-order chi connectivity index (χ0) is 12.4. The van der Waals surface area contributed by atoms with Crippen molar-refractivity contribution in [1.82, 2.24) is 19.5 Å². The number of nitrogens with zero attached hydrogens (tertiary/aromatic N) is 5. The highest BCUT2D eigenvalue weighted by molar-refractivity contribution is 6.29. The van der Waals surface area contributed by atoms with Crippen molar-refractivity contribution in [3.63, 3.8) is 0 Å². The molecule has 0 radical (unpaired) electrons. The highest BCUT2D eigenvalue weighted by Crippen LogP contribution is 2.25. The molecular formula is C12H14ClN5. The summed E-state index contributed by atoms with van der Waals surface area (Å²) >= 11 is 5.86. The Hall–Kier alpha value is -1.62. The summed E-state index contributed by atoms with van der Waals surface area (Å²) in [6, 6.07) is 0.538. The molecule has 0 spiro atoms. The summed E-state index contributed by atoms with van der Waals surface area (Å²) in [6.07, 6.45) is 11.2. The van der Waals surface area contributed by atoms with Gasteiger partial charge in [0.05, 0.1) is 18.7 Å². The maximum Gasteiger partial charge on any atom is 0.149 e. The van der Waals surface area contributed by atoms with Crippen molar-refractivity contribution < 1.29 is 0 Å². The molecule has 5 nitrogen and oxygen atoms in total. The van der Waals surface area contributed by atoms with Gasteiger partial charge in [-0.3, -0.25) is 4.98 Å². The van der Waals surface area contributed by atoms with E-state index >= 15 is 0 Å². The summed E-state index contributed by atoms with van der Waals surface area (Å²) in [7, 11) is 0. The van der Waals surface area contributed by atoms with E-state index in [-0.39, 0.29) is 0 Å². The van der Waals surface area contributed by atoms with E-state index in [0.717, 1.165) is 31.7 Å². The van der Waals surface area contributed by atoms with Gasteiger partial charge in [0.1, 0.15) is 11.0 Å². The second kappa shape index (κ2) is 4.94. The van der Waals surface area contributed by atoms with E-state index in [2.05, 4.69) is 24.4 Å². The number of imidazole rings is 1. The third-order valence-corrected chi connectivity index (χ3v) is 3.51. The molecule has 3 heterocycles. The van der Waals surface area contributed by atoms with Crippen LogP contribution in [-0.4, -0.2) is 32.6 Å². The Morgan fingerprint density at radius 2 is 2.00 bits per heavy atom. The molecule has 1 fully saturated rings. The Balaban J connectivity index is 1.67. The van der Waals surface area contributed by atoms with Crippen molar-refractivity contribution in [1.29, 1.82) is 0 Å². The summed E-state index contributed by atoms with van der Waals surface area (Å²) in [5.41, 5.74) is 0. The number of piperidine rings is 1. The molecule has 0 saturated carbocycles. The standard InChI is InChI=1S/C12H14ClN5/c13-11-7-15-8-12(16-11)17-4-1-10(2-5-17)18-6-3-14-9-18/h3,6-10H,1-2,4-5H2. The molecular weight excluding hydrogens is 250 g/mol. The monoisotopic (exact) mass is 263 g/mol. The first-order chi connectivity index (χ1) is 8.83. The minimum Gasteiger partial charge on any atom is -0.355 e. The number of halogens is 1. The van der Waals surface area contributed by atoms with Crippen LogP contribution in [0.15, 0.2) is 31.1 Å². The highest BCUT2D eigenvalue weighted by atomic mass is 35.5. The summed E-state index contributed by atoms with van der Waals surface area (Å²) in [6.45, 7) is 1.94. The van der Waals surface area contributed by atoms with Gasteiger partial charge in [-0.25, -0.2) is 9.97 Å².